The lowest BCUT2D eigenvalue weighted by molar-refractivity contribution is -0.139. The quantitative estimate of drug-likeness (QED) is 0.804. The Labute approximate surface area is 117 Å². The number of hydrogen-bond acceptors (Lipinski definition) is 4. The van der Waals surface area contributed by atoms with Crippen LogP contribution in [-0.4, -0.2) is 22.7 Å². The van der Waals surface area contributed by atoms with Crippen LogP contribution in [0, 0.1) is 0 Å². The molecule has 0 bridgehead atoms. The fraction of sp³-hybridized carbons (Fsp3) is 0.200. The van der Waals surface area contributed by atoms with Gasteiger partial charge >= 0.3 is 5.97 Å². The fourth-order valence-electron chi connectivity index (χ4n) is 1.70. The van der Waals surface area contributed by atoms with E-state index in [4.69, 9.17) is 9.84 Å². The van der Waals surface area contributed by atoms with E-state index in [0.717, 1.165) is 18.7 Å². The summed E-state index contributed by atoms with van der Waals surface area (Å²) in [5.41, 5.74) is 2.29. The molecule has 104 valence electrons. The van der Waals surface area contributed by atoms with Crippen LogP contribution in [0.3, 0.4) is 0 Å². The topological polar surface area (TPSA) is 71.5 Å². The molecule has 5 nitrogen and oxygen atoms in total. The molecule has 1 aromatic heterocycles. The first-order chi connectivity index (χ1) is 9.74. The first-order valence-corrected chi connectivity index (χ1v) is 6.27. The van der Waals surface area contributed by atoms with Gasteiger partial charge in [0, 0.05) is 25.5 Å². The Bertz CT molecular complexity index is 541. The van der Waals surface area contributed by atoms with Crippen molar-refractivity contribution in [3.63, 3.8) is 0 Å². The number of hydrogen-bond donors (Lipinski definition) is 2. The molecule has 0 saturated carbocycles. The smallest absolute Gasteiger partial charge is 0.341 e. The predicted octanol–water partition coefficient (Wildman–Crippen LogP) is 1.83. The van der Waals surface area contributed by atoms with E-state index in [2.05, 4.69) is 10.3 Å². The van der Waals surface area contributed by atoms with E-state index in [1.807, 2.05) is 24.3 Å². The number of carboxylic acid groups (broad SMARTS) is 1. The molecule has 2 N–H and O–H groups in total. The number of benzene rings is 1. The van der Waals surface area contributed by atoms with E-state index in [0.29, 0.717) is 5.75 Å². The lowest BCUT2D eigenvalue weighted by Crippen LogP contribution is -2.12. The summed E-state index contributed by atoms with van der Waals surface area (Å²) in [6.45, 7) is 1.20. The molecular weight excluding hydrogens is 256 g/mol. The predicted molar refractivity (Wildman–Crippen MR) is 74.4 cm³/mol. The number of carbonyl (C=O) groups is 1. The standard InChI is InChI=1S/C15H16N2O3/c18-15(19)11-20-14-3-1-12(2-4-14)9-17-10-13-5-7-16-8-6-13/h1-8,17H,9-11H2,(H,18,19). The van der Waals surface area contributed by atoms with Crippen LogP contribution in [0.5, 0.6) is 5.75 Å². The van der Waals surface area contributed by atoms with Gasteiger partial charge in [-0.25, -0.2) is 4.79 Å². The first-order valence-electron chi connectivity index (χ1n) is 6.27. The van der Waals surface area contributed by atoms with E-state index in [9.17, 15) is 4.79 Å². The zero-order valence-corrected chi connectivity index (χ0v) is 11.0. The molecule has 0 aliphatic carbocycles. The second-order valence-electron chi connectivity index (χ2n) is 4.29. The molecule has 0 atom stereocenters. The second kappa shape index (κ2) is 7.25. The Morgan fingerprint density at radius 2 is 1.65 bits per heavy atom. The summed E-state index contributed by atoms with van der Waals surface area (Å²) in [6.07, 6.45) is 3.54. The highest BCUT2D eigenvalue weighted by Crippen LogP contribution is 2.12. The second-order valence-corrected chi connectivity index (χ2v) is 4.29. The van der Waals surface area contributed by atoms with E-state index >= 15 is 0 Å². The largest absolute Gasteiger partial charge is 0.482 e. The van der Waals surface area contributed by atoms with E-state index < -0.39 is 5.97 Å². The van der Waals surface area contributed by atoms with Gasteiger partial charge in [-0.15, -0.1) is 0 Å². The van der Waals surface area contributed by atoms with Crippen molar-refractivity contribution in [1.29, 1.82) is 0 Å². The lowest BCUT2D eigenvalue weighted by Gasteiger charge is -2.07. The van der Waals surface area contributed by atoms with Crippen LogP contribution in [0.1, 0.15) is 11.1 Å². The summed E-state index contributed by atoms with van der Waals surface area (Å²) in [7, 11) is 0. The zero-order chi connectivity index (χ0) is 14.2. The molecule has 1 aromatic carbocycles. The van der Waals surface area contributed by atoms with E-state index in [-0.39, 0.29) is 6.61 Å². The molecule has 0 radical (unpaired) electrons. The number of carboxylic acids is 1. The van der Waals surface area contributed by atoms with Crippen LogP contribution in [0.2, 0.25) is 0 Å². The molecule has 0 fully saturated rings. The molecule has 20 heavy (non-hydrogen) atoms. The van der Waals surface area contributed by atoms with Gasteiger partial charge in [-0.2, -0.15) is 0 Å². The number of pyridine rings is 1. The summed E-state index contributed by atoms with van der Waals surface area (Å²) >= 11 is 0. The molecule has 0 unspecified atom stereocenters. The van der Waals surface area contributed by atoms with Crippen molar-refractivity contribution in [2.24, 2.45) is 0 Å². The fourth-order valence-corrected chi connectivity index (χ4v) is 1.70. The van der Waals surface area contributed by atoms with Crippen molar-refractivity contribution in [2.75, 3.05) is 6.61 Å². The van der Waals surface area contributed by atoms with Crippen LogP contribution in [0.25, 0.3) is 0 Å². The van der Waals surface area contributed by atoms with Crippen molar-refractivity contribution >= 4 is 5.97 Å². The summed E-state index contributed by atoms with van der Waals surface area (Å²) in [4.78, 5) is 14.3. The van der Waals surface area contributed by atoms with Gasteiger partial charge in [-0.3, -0.25) is 4.98 Å². The van der Waals surface area contributed by atoms with Crippen LogP contribution in [0.15, 0.2) is 48.8 Å². The summed E-state index contributed by atoms with van der Waals surface area (Å²) in [6, 6.07) is 11.3. The minimum atomic E-state index is -0.979. The van der Waals surface area contributed by atoms with Gasteiger partial charge in [0.1, 0.15) is 5.75 Å². The number of aliphatic carboxylic acids is 1. The molecule has 2 rings (SSSR count). The number of nitrogens with one attached hydrogen (secondary N) is 1. The molecule has 5 heteroatoms. The summed E-state index contributed by atoms with van der Waals surface area (Å²) in [5.74, 6) is -0.418. The minimum absolute atomic E-state index is 0.320. The Morgan fingerprint density at radius 1 is 1.05 bits per heavy atom. The molecule has 0 aliphatic heterocycles. The highest BCUT2D eigenvalue weighted by molar-refractivity contribution is 5.68. The molecule has 0 aliphatic rings. The van der Waals surface area contributed by atoms with Crippen LogP contribution in [0.4, 0.5) is 0 Å². The van der Waals surface area contributed by atoms with Crippen molar-refractivity contribution in [3.8, 4) is 5.75 Å². The third-order valence-corrected chi connectivity index (χ3v) is 2.69. The maximum absolute atomic E-state index is 10.4. The van der Waals surface area contributed by atoms with E-state index in [1.165, 1.54) is 5.56 Å². The SMILES string of the molecule is O=C(O)COc1ccc(CNCc2ccncc2)cc1. The average Bonchev–Trinajstić information content (AvgIpc) is 2.47. The Kier molecular flexibility index (Phi) is 5.08. The normalized spacial score (nSPS) is 10.2. The van der Waals surface area contributed by atoms with E-state index in [1.54, 1.807) is 24.5 Å². The van der Waals surface area contributed by atoms with Crippen LogP contribution < -0.4 is 10.1 Å². The maximum atomic E-state index is 10.4. The number of aromatic nitrogens is 1. The van der Waals surface area contributed by atoms with Gasteiger partial charge in [0.2, 0.25) is 0 Å². The van der Waals surface area contributed by atoms with Crippen molar-refractivity contribution in [2.45, 2.75) is 13.1 Å². The number of ether oxygens (including phenoxy) is 1. The molecule has 0 spiro atoms. The third kappa shape index (κ3) is 4.70. The Balaban J connectivity index is 1.77. The van der Waals surface area contributed by atoms with Crippen molar-refractivity contribution in [1.82, 2.24) is 10.3 Å². The van der Waals surface area contributed by atoms with Gasteiger partial charge in [0.25, 0.3) is 0 Å². The lowest BCUT2D eigenvalue weighted by atomic mass is 10.2. The molecular formula is C15H16N2O3. The number of rotatable bonds is 7. The van der Waals surface area contributed by atoms with Crippen LogP contribution >= 0.6 is 0 Å². The minimum Gasteiger partial charge on any atom is -0.482 e. The monoisotopic (exact) mass is 272 g/mol. The van der Waals surface area contributed by atoms with Crippen LogP contribution in [-0.2, 0) is 17.9 Å². The molecule has 2 aromatic rings. The van der Waals surface area contributed by atoms with Gasteiger partial charge < -0.3 is 15.2 Å². The molecule has 0 amide bonds. The van der Waals surface area contributed by atoms with Crippen molar-refractivity contribution < 1.29 is 14.6 Å². The third-order valence-electron chi connectivity index (χ3n) is 2.69. The van der Waals surface area contributed by atoms with Gasteiger partial charge in [-0.05, 0) is 35.4 Å². The highest BCUT2D eigenvalue weighted by Gasteiger charge is 1.99. The first kappa shape index (κ1) is 14.0. The maximum Gasteiger partial charge on any atom is 0.341 e. The highest BCUT2D eigenvalue weighted by atomic mass is 16.5. The molecule has 0 saturated heterocycles. The Morgan fingerprint density at radius 3 is 2.25 bits per heavy atom. The Hall–Kier alpha value is -2.40. The van der Waals surface area contributed by atoms with Gasteiger partial charge in [-0.1, -0.05) is 12.1 Å². The van der Waals surface area contributed by atoms with Crippen molar-refractivity contribution in [3.05, 3.63) is 59.9 Å². The summed E-state index contributed by atoms with van der Waals surface area (Å²) < 4.78 is 5.07. The van der Waals surface area contributed by atoms with Gasteiger partial charge in [0.15, 0.2) is 6.61 Å². The van der Waals surface area contributed by atoms with Gasteiger partial charge in [0.05, 0.1) is 0 Å². The number of nitrogens with zero attached hydrogens (tertiary/aromatic N) is 1. The zero-order valence-electron chi connectivity index (χ0n) is 11.0. The molecule has 1 heterocycles. The average molecular weight is 272 g/mol. The summed E-state index contributed by atoms with van der Waals surface area (Å²) in [5, 5.41) is 11.8.